The smallest absolute Gasteiger partial charge is 0.341 e. The van der Waals surface area contributed by atoms with E-state index >= 15 is 0 Å². The summed E-state index contributed by atoms with van der Waals surface area (Å²) in [4.78, 5) is 30.1. The summed E-state index contributed by atoms with van der Waals surface area (Å²) < 4.78 is 11.1. The number of carbonyl (C=O) groups is 2. The van der Waals surface area contributed by atoms with Gasteiger partial charge in [0.25, 0.3) is 5.91 Å². The molecule has 0 aliphatic carbocycles. The molecule has 35 heavy (non-hydrogen) atoms. The first-order valence-electron chi connectivity index (χ1n) is 12.5. The van der Waals surface area contributed by atoms with Crippen LogP contribution in [0.1, 0.15) is 36.5 Å². The largest absolute Gasteiger partial charge is 0.494 e. The second-order valence-corrected chi connectivity index (χ2v) is 9.21. The van der Waals surface area contributed by atoms with Gasteiger partial charge in [0.15, 0.2) is 6.61 Å². The zero-order valence-electron chi connectivity index (χ0n) is 20.4. The fourth-order valence-corrected chi connectivity index (χ4v) is 4.72. The SMILES string of the molecule is CC1CCCN1CCCOc1ccc(N2CCN(C(=O)c3ccc(OCC(=O)O)cc3)CC2)cc1. The molecular weight excluding hydrogens is 446 g/mol. The lowest BCUT2D eigenvalue weighted by Gasteiger charge is -2.36. The summed E-state index contributed by atoms with van der Waals surface area (Å²) in [6.45, 7) is 7.76. The van der Waals surface area contributed by atoms with Crippen molar-refractivity contribution < 1.29 is 24.2 Å². The third-order valence-corrected chi connectivity index (χ3v) is 6.78. The zero-order chi connectivity index (χ0) is 24.6. The fraction of sp³-hybridized carbons (Fsp3) is 0.481. The van der Waals surface area contributed by atoms with Crippen molar-refractivity contribution in [1.82, 2.24) is 9.80 Å². The lowest BCUT2D eigenvalue weighted by molar-refractivity contribution is -0.139. The molecule has 188 valence electrons. The molecule has 2 aromatic carbocycles. The molecule has 2 heterocycles. The van der Waals surface area contributed by atoms with E-state index in [1.165, 1.54) is 19.4 Å². The van der Waals surface area contributed by atoms with Crippen LogP contribution in [0.15, 0.2) is 48.5 Å². The number of hydrogen-bond acceptors (Lipinski definition) is 6. The molecule has 1 atom stereocenters. The molecule has 4 rings (SSSR count). The minimum atomic E-state index is -1.03. The molecule has 0 saturated carbocycles. The number of anilines is 1. The molecule has 2 aliphatic rings. The Morgan fingerprint density at radius 3 is 2.20 bits per heavy atom. The van der Waals surface area contributed by atoms with E-state index in [1.54, 1.807) is 24.3 Å². The van der Waals surface area contributed by atoms with Crippen molar-refractivity contribution in [3.8, 4) is 11.5 Å². The number of benzene rings is 2. The maximum absolute atomic E-state index is 12.8. The molecule has 0 radical (unpaired) electrons. The van der Waals surface area contributed by atoms with Crippen molar-refractivity contribution in [1.29, 1.82) is 0 Å². The van der Waals surface area contributed by atoms with Crippen LogP contribution in [0.3, 0.4) is 0 Å². The Bertz CT molecular complexity index is 971. The molecule has 0 bridgehead atoms. The van der Waals surface area contributed by atoms with Crippen LogP contribution in [0, 0.1) is 0 Å². The highest BCUT2D eigenvalue weighted by Gasteiger charge is 2.23. The number of amides is 1. The first-order valence-corrected chi connectivity index (χ1v) is 12.5. The zero-order valence-corrected chi connectivity index (χ0v) is 20.4. The highest BCUT2D eigenvalue weighted by molar-refractivity contribution is 5.94. The number of hydrogen-bond donors (Lipinski definition) is 1. The minimum absolute atomic E-state index is 0.0264. The average molecular weight is 482 g/mol. The molecule has 8 heteroatoms. The van der Waals surface area contributed by atoms with Gasteiger partial charge in [-0.3, -0.25) is 4.79 Å². The Kier molecular flexibility index (Phi) is 8.47. The molecule has 1 N–H and O–H groups in total. The average Bonchev–Trinajstić information content (AvgIpc) is 3.30. The van der Waals surface area contributed by atoms with E-state index in [9.17, 15) is 9.59 Å². The molecular formula is C27H35N3O5. The summed E-state index contributed by atoms with van der Waals surface area (Å²) in [5.74, 6) is 0.268. The quantitative estimate of drug-likeness (QED) is 0.521. The van der Waals surface area contributed by atoms with Crippen LogP contribution in [0.25, 0.3) is 0 Å². The Hall–Kier alpha value is -3.26. The van der Waals surface area contributed by atoms with Crippen LogP contribution in [0.5, 0.6) is 11.5 Å². The number of ether oxygens (including phenoxy) is 2. The van der Waals surface area contributed by atoms with Crippen molar-refractivity contribution in [2.75, 3.05) is 57.4 Å². The summed E-state index contributed by atoms with van der Waals surface area (Å²) in [5.41, 5.74) is 1.71. The summed E-state index contributed by atoms with van der Waals surface area (Å²) in [6, 6.07) is 15.5. The van der Waals surface area contributed by atoms with Gasteiger partial charge in [-0.2, -0.15) is 0 Å². The van der Waals surface area contributed by atoms with Crippen LogP contribution in [-0.2, 0) is 4.79 Å². The van der Waals surface area contributed by atoms with Gasteiger partial charge in [0.1, 0.15) is 11.5 Å². The van der Waals surface area contributed by atoms with Gasteiger partial charge in [0.05, 0.1) is 6.61 Å². The number of nitrogens with zero attached hydrogens (tertiary/aromatic N) is 3. The Morgan fingerprint density at radius 1 is 0.914 bits per heavy atom. The van der Waals surface area contributed by atoms with Crippen LogP contribution in [0.4, 0.5) is 5.69 Å². The Labute approximate surface area is 207 Å². The third kappa shape index (κ3) is 6.88. The third-order valence-electron chi connectivity index (χ3n) is 6.78. The Balaban J connectivity index is 1.19. The summed E-state index contributed by atoms with van der Waals surface area (Å²) in [6.07, 6.45) is 3.66. The predicted molar refractivity (Wildman–Crippen MR) is 135 cm³/mol. The van der Waals surface area contributed by atoms with Gasteiger partial charge in [-0.15, -0.1) is 0 Å². The van der Waals surface area contributed by atoms with Gasteiger partial charge in [-0.05, 0) is 81.3 Å². The molecule has 0 spiro atoms. The maximum Gasteiger partial charge on any atom is 0.341 e. The molecule has 1 unspecified atom stereocenters. The molecule has 2 fully saturated rings. The van der Waals surface area contributed by atoms with Gasteiger partial charge in [-0.1, -0.05) is 0 Å². The van der Waals surface area contributed by atoms with E-state index in [0.717, 1.165) is 44.1 Å². The molecule has 2 aliphatic heterocycles. The lowest BCUT2D eigenvalue weighted by Crippen LogP contribution is -2.48. The van der Waals surface area contributed by atoms with E-state index < -0.39 is 12.6 Å². The minimum Gasteiger partial charge on any atom is -0.494 e. The van der Waals surface area contributed by atoms with Crippen molar-refractivity contribution in [3.05, 3.63) is 54.1 Å². The lowest BCUT2D eigenvalue weighted by atomic mass is 10.1. The number of carbonyl (C=O) groups excluding carboxylic acids is 1. The number of carboxylic acids is 1. The number of carboxylic acid groups (broad SMARTS) is 1. The number of piperazine rings is 1. The van der Waals surface area contributed by atoms with E-state index in [4.69, 9.17) is 14.6 Å². The van der Waals surface area contributed by atoms with E-state index in [1.807, 2.05) is 17.0 Å². The first kappa shape index (κ1) is 24.9. The monoisotopic (exact) mass is 481 g/mol. The highest BCUT2D eigenvalue weighted by atomic mass is 16.5. The fourth-order valence-electron chi connectivity index (χ4n) is 4.72. The van der Waals surface area contributed by atoms with Crippen LogP contribution in [0.2, 0.25) is 0 Å². The highest BCUT2D eigenvalue weighted by Crippen LogP contribution is 2.22. The van der Waals surface area contributed by atoms with Crippen LogP contribution in [-0.4, -0.2) is 85.3 Å². The molecule has 2 saturated heterocycles. The second-order valence-electron chi connectivity index (χ2n) is 9.21. The van der Waals surface area contributed by atoms with Crippen molar-refractivity contribution >= 4 is 17.6 Å². The number of aliphatic carboxylic acids is 1. The van der Waals surface area contributed by atoms with Crippen molar-refractivity contribution in [2.45, 2.75) is 32.2 Å². The second kappa shape index (κ2) is 11.9. The molecule has 2 aromatic rings. The van der Waals surface area contributed by atoms with E-state index in [0.29, 0.717) is 30.4 Å². The van der Waals surface area contributed by atoms with Gasteiger partial charge >= 0.3 is 5.97 Å². The number of rotatable bonds is 10. The van der Waals surface area contributed by atoms with Crippen molar-refractivity contribution in [3.63, 3.8) is 0 Å². The van der Waals surface area contributed by atoms with E-state index in [-0.39, 0.29) is 5.91 Å². The predicted octanol–water partition coefficient (Wildman–Crippen LogP) is 3.37. The standard InChI is InChI=1S/C27H35N3O5/c1-21-4-2-13-28(21)14-3-19-34-24-11-7-23(8-12-24)29-15-17-30(18-16-29)27(33)22-5-9-25(10-6-22)35-20-26(31)32/h5-12,21H,2-4,13-20H2,1H3,(H,31,32). The van der Waals surface area contributed by atoms with Crippen molar-refractivity contribution in [2.24, 2.45) is 0 Å². The summed E-state index contributed by atoms with van der Waals surface area (Å²) in [7, 11) is 0. The van der Waals surface area contributed by atoms with Crippen LogP contribution < -0.4 is 14.4 Å². The first-order chi connectivity index (χ1) is 17.0. The Morgan fingerprint density at radius 2 is 1.57 bits per heavy atom. The summed E-state index contributed by atoms with van der Waals surface area (Å²) in [5, 5.41) is 8.69. The molecule has 1 amide bonds. The van der Waals surface area contributed by atoms with Gasteiger partial charge in [0, 0.05) is 50.0 Å². The normalized spacial score (nSPS) is 18.5. The van der Waals surface area contributed by atoms with E-state index in [2.05, 4.69) is 28.9 Å². The van der Waals surface area contributed by atoms with Gasteiger partial charge in [-0.25, -0.2) is 4.79 Å². The maximum atomic E-state index is 12.8. The molecule has 0 aromatic heterocycles. The topological polar surface area (TPSA) is 82.5 Å². The molecule has 8 nitrogen and oxygen atoms in total. The van der Waals surface area contributed by atoms with Gasteiger partial charge in [0.2, 0.25) is 0 Å². The summed E-state index contributed by atoms with van der Waals surface area (Å²) >= 11 is 0. The van der Waals surface area contributed by atoms with Crippen LogP contribution >= 0.6 is 0 Å². The number of likely N-dealkylation sites (tertiary alicyclic amines) is 1. The van der Waals surface area contributed by atoms with Gasteiger partial charge < -0.3 is 29.3 Å².